The maximum atomic E-state index is 11.7. The number of amides is 1. The van der Waals surface area contributed by atoms with Gasteiger partial charge in [0.2, 0.25) is 5.89 Å². The fourth-order valence-corrected chi connectivity index (χ4v) is 1.30. The molecule has 1 amide bonds. The molecular formula is C11H11N3O2. The number of rotatable bonds is 2. The van der Waals surface area contributed by atoms with Crippen molar-refractivity contribution < 1.29 is 9.21 Å². The van der Waals surface area contributed by atoms with Crippen LogP contribution in [0, 0.1) is 13.8 Å². The van der Waals surface area contributed by atoms with Crippen LogP contribution in [0.5, 0.6) is 0 Å². The highest BCUT2D eigenvalue weighted by Crippen LogP contribution is 2.08. The largest absolute Gasteiger partial charge is 0.408 e. The second-order valence-corrected chi connectivity index (χ2v) is 3.45. The lowest BCUT2D eigenvalue weighted by molar-refractivity contribution is 0.102. The molecule has 0 fully saturated rings. The van der Waals surface area contributed by atoms with Gasteiger partial charge in [-0.25, -0.2) is 0 Å². The summed E-state index contributed by atoms with van der Waals surface area (Å²) in [5.41, 5.74) is 1.59. The lowest BCUT2D eigenvalue weighted by atomic mass is 10.1. The van der Waals surface area contributed by atoms with E-state index >= 15 is 0 Å². The molecule has 2 rings (SSSR count). The van der Waals surface area contributed by atoms with E-state index in [1.807, 2.05) is 19.1 Å². The van der Waals surface area contributed by atoms with Crippen molar-refractivity contribution >= 4 is 11.9 Å². The molecule has 2 aromatic rings. The van der Waals surface area contributed by atoms with Crippen LogP contribution in [0.2, 0.25) is 0 Å². The lowest BCUT2D eigenvalue weighted by Gasteiger charge is -2.00. The first-order valence-electron chi connectivity index (χ1n) is 4.83. The molecule has 0 aliphatic rings. The molecule has 0 saturated heterocycles. The van der Waals surface area contributed by atoms with Crippen molar-refractivity contribution in [3.63, 3.8) is 0 Å². The third-order valence-corrected chi connectivity index (χ3v) is 2.03. The first-order valence-corrected chi connectivity index (χ1v) is 4.83. The van der Waals surface area contributed by atoms with Gasteiger partial charge in [-0.2, -0.15) is 0 Å². The minimum atomic E-state index is -0.257. The molecule has 16 heavy (non-hydrogen) atoms. The fraction of sp³-hybridized carbons (Fsp3) is 0.182. The average Bonchev–Trinajstić information content (AvgIpc) is 2.64. The van der Waals surface area contributed by atoms with Crippen LogP contribution in [0.15, 0.2) is 28.7 Å². The highest BCUT2D eigenvalue weighted by atomic mass is 16.4. The number of aryl methyl sites for hydroxylation is 2. The van der Waals surface area contributed by atoms with Crippen LogP contribution in [0.25, 0.3) is 0 Å². The first-order chi connectivity index (χ1) is 7.65. The van der Waals surface area contributed by atoms with Gasteiger partial charge in [-0.3, -0.25) is 10.1 Å². The summed E-state index contributed by atoms with van der Waals surface area (Å²) in [6.07, 6.45) is 0. The Morgan fingerprint density at radius 1 is 1.31 bits per heavy atom. The standard InChI is InChI=1S/C11H11N3O2/c1-7-4-3-5-9(6-7)10(15)12-11-14-13-8(2)16-11/h3-6H,1-2H3,(H,12,14,15). The Bertz CT molecular complexity index is 519. The zero-order valence-corrected chi connectivity index (χ0v) is 9.02. The normalized spacial score (nSPS) is 10.1. The quantitative estimate of drug-likeness (QED) is 0.834. The topological polar surface area (TPSA) is 68.0 Å². The maximum Gasteiger partial charge on any atom is 0.322 e. The average molecular weight is 217 g/mol. The van der Waals surface area contributed by atoms with Gasteiger partial charge in [0.1, 0.15) is 0 Å². The van der Waals surface area contributed by atoms with Gasteiger partial charge in [0.05, 0.1) is 0 Å². The van der Waals surface area contributed by atoms with E-state index in [0.717, 1.165) is 5.56 Å². The number of anilines is 1. The molecule has 0 spiro atoms. The van der Waals surface area contributed by atoms with E-state index in [-0.39, 0.29) is 11.9 Å². The Morgan fingerprint density at radius 2 is 2.12 bits per heavy atom. The zero-order valence-electron chi connectivity index (χ0n) is 9.02. The lowest BCUT2D eigenvalue weighted by Crippen LogP contribution is -2.12. The summed E-state index contributed by atoms with van der Waals surface area (Å²) in [7, 11) is 0. The van der Waals surface area contributed by atoms with Crippen molar-refractivity contribution in [3.05, 3.63) is 41.3 Å². The summed E-state index contributed by atoms with van der Waals surface area (Å²) in [6.45, 7) is 3.59. The molecule has 82 valence electrons. The number of aromatic nitrogens is 2. The maximum absolute atomic E-state index is 11.7. The summed E-state index contributed by atoms with van der Waals surface area (Å²) in [5, 5.41) is 9.83. The molecule has 0 aliphatic carbocycles. The van der Waals surface area contributed by atoms with Crippen molar-refractivity contribution in [2.45, 2.75) is 13.8 Å². The molecule has 5 heteroatoms. The summed E-state index contributed by atoms with van der Waals surface area (Å²) >= 11 is 0. The molecule has 0 atom stereocenters. The van der Waals surface area contributed by atoms with Crippen molar-refractivity contribution in [3.8, 4) is 0 Å². The zero-order chi connectivity index (χ0) is 11.5. The third-order valence-electron chi connectivity index (χ3n) is 2.03. The molecule has 0 aliphatic heterocycles. The summed E-state index contributed by atoms with van der Waals surface area (Å²) in [6, 6.07) is 7.38. The number of hydrogen-bond donors (Lipinski definition) is 1. The van der Waals surface area contributed by atoms with E-state index < -0.39 is 0 Å². The second-order valence-electron chi connectivity index (χ2n) is 3.45. The highest BCUT2D eigenvalue weighted by Gasteiger charge is 2.09. The first kappa shape index (κ1) is 10.4. The van der Waals surface area contributed by atoms with Crippen molar-refractivity contribution in [1.29, 1.82) is 0 Å². The van der Waals surface area contributed by atoms with Gasteiger partial charge in [0.15, 0.2) is 0 Å². The van der Waals surface area contributed by atoms with Gasteiger partial charge >= 0.3 is 6.01 Å². The number of carbonyl (C=O) groups is 1. The van der Waals surface area contributed by atoms with Crippen LogP contribution < -0.4 is 5.32 Å². The Balaban J connectivity index is 2.14. The van der Waals surface area contributed by atoms with Gasteiger partial charge < -0.3 is 4.42 Å². The molecule has 1 aromatic carbocycles. The molecule has 1 heterocycles. The van der Waals surface area contributed by atoms with E-state index in [2.05, 4.69) is 15.5 Å². The monoisotopic (exact) mass is 217 g/mol. The SMILES string of the molecule is Cc1cccc(C(=O)Nc2nnc(C)o2)c1. The van der Waals surface area contributed by atoms with Gasteiger partial charge in [-0.15, -0.1) is 5.10 Å². The smallest absolute Gasteiger partial charge is 0.322 e. The molecule has 0 saturated carbocycles. The van der Waals surface area contributed by atoms with Crippen LogP contribution in [0.1, 0.15) is 21.8 Å². The van der Waals surface area contributed by atoms with E-state index in [4.69, 9.17) is 4.42 Å². The third kappa shape index (κ3) is 2.25. The van der Waals surface area contributed by atoms with Crippen LogP contribution in [-0.4, -0.2) is 16.1 Å². The number of benzene rings is 1. The van der Waals surface area contributed by atoms with Crippen LogP contribution in [0.4, 0.5) is 6.01 Å². The Labute approximate surface area is 92.5 Å². The Kier molecular flexibility index (Phi) is 2.68. The van der Waals surface area contributed by atoms with Crippen molar-refractivity contribution in [1.82, 2.24) is 10.2 Å². The predicted octanol–water partition coefficient (Wildman–Crippen LogP) is 1.94. The van der Waals surface area contributed by atoms with E-state index in [9.17, 15) is 4.79 Å². The minimum Gasteiger partial charge on any atom is -0.408 e. The Hall–Kier alpha value is -2.17. The van der Waals surface area contributed by atoms with E-state index in [1.54, 1.807) is 19.1 Å². The Morgan fingerprint density at radius 3 is 2.75 bits per heavy atom. The van der Waals surface area contributed by atoms with Crippen LogP contribution in [0.3, 0.4) is 0 Å². The molecule has 0 bridgehead atoms. The summed E-state index contributed by atoms with van der Waals surface area (Å²) in [4.78, 5) is 11.7. The fourth-order valence-electron chi connectivity index (χ4n) is 1.30. The van der Waals surface area contributed by atoms with E-state index in [1.165, 1.54) is 0 Å². The van der Waals surface area contributed by atoms with Crippen molar-refractivity contribution in [2.24, 2.45) is 0 Å². The summed E-state index contributed by atoms with van der Waals surface area (Å²) in [5.74, 6) is 0.159. The number of carbonyl (C=O) groups excluding carboxylic acids is 1. The highest BCUT2D eigenvalue weighted by molar-refractivity contribution is 6.03. The second kappa shape index (κ2) is 4.14. The van der Waals surface area contributed by atoms with Crippen LogP contribution >= 0.6 is 0 Å². The summed E-state index contributed by atoms with van der Waals surface area (Å²) < 4.78 is 5.05. The van der Waals surface area contributed by atoms with Gasteiger partial charge in [0, 0.05) is 12.5 Å². The number of nitrogens with zero attached hydrogens (tertiary/aromatic N) is 2. The molecular weight excluding hydrogens is 206 g/mol. The van der Waals surface area contributed by atoms with E-state index in [0.29, 0.717) is 11.5 Å². The molecule has 1 N–H and O–H groups in total. The number of hydrogen-bond acceptors (Lipinski definition) is 4. The van der Waals surface area contributed by atoms with Crippen molar-refractivity contribution in [2.75, 3.05) is 5.32 Å². The van der Waals surface area contributed by atoms with Gasteiger partial charge in [-0.05, 0) is 19.1 Å². The molecule has 1 aromatic heterocycles. The van der Waals surface area contributed by atoms with Gasteiger partial charge in [-0.1, -0.05) is 22.8 Å². The molecule has 5 nitrogen and oxygen atoms in total. The number of nitrogens with one attached hydrogen (secondary N) is 1. The predicted molar refractivity (Wildman–Crippen MR) is 58.2 cm³/mol. The molecule has 0 unspecified atom stereocenters. The molecule has 0 radical (unpaired) electrons. The minimum absolute atomic E-state index is 0.115. The van der Waals surface area contributed by atoms with Crippen LogP contribution in [-0.2, 0) is 0 Å². The van der Waals surface area contributed by atoms with Gasteiger partial charge in [0.25, 0.3) is 5.91 Å².